The molecule has 1 N–H and O–H groups in total. The van der Waals surface area contributed by atoms with Gasteiger partial charge in [-0.05, 0) is 38.5 Å². The molecule has 8 heteroatoms. The minimum atomic E-state index is -0.648. The van der Waals surface area contributed by atoms with Gasteiger partial charge in [-0.15, -0.1) is 5.10 Å². The number of benzene rings is 2. The Bertz CT molecular complexity index is 1180. The van der Waals surface area contributed by atoms with E-state index in [4.69, 9.17) is 4.74 Å². The van der Waals surface area contributed by atoms with Crippen molar-refractivity contribution in [2.45, 2.75) is 45.9 Å². The molecule has 0 saturated carbocycles. The highest BCUT2D eigenvalue weighted by molar-refractivity contribution is 5.97. The fraction of sp³-hybridized carbons (Fsp3) is 0.280. The maximum absolute atomic E-state index is 13.2. The molecule has 8 nitrogen and oxygen atoms in total. The summed E-state index contributed by atoms with van der Waals surface area (Å²) in [7, 11) is 0. The Morgan fingerprint density at radius 1 is 0.970 bits per heavy atom. The highest BCUT2D eigenvalue weighted by atomic mass is 16.6. The lowest BCUT2D eigenvalue weighted by Gasteiger charge is -2.24. The summed E-state index contributed by atoms with van der Waals surface area (Å²) in [5, 5.41) is 7.24. The van der Waals surface area contributed by atoms with E-state index in [1.165, 1.54) is 9.58 Å². The smallest absolute Gasteiger partial charge is 0.410 e. The number of nitrogens with one attached hydrogen (secondary N) is 1. The molecule has 0 bridgehead atoms. The predicted octanol–water partition coefficient (Wildman–Crippen LogP) is 4.00. The van der Waals surface area contributed by atoms with Crippen molar-refractivity contribution in [2.24, 2.45) is 0 Å². The molecule has 2 heterocycles. The minimum absolute atomic E-state index is 0.157. The van der Waals surface area contributed by atoms with Gasteiger partial charge in [0.05, 0.1) is 25.2 Å². The molecule has 33 heavy (non-hydrogen) atoms. The third kappa shape index (κ3) is 5.11. The van der Waals surface area contributed by atoms with Gasteiger partial charge in [-0.3, -0.25) is 14.5 Å². The number of ether oxygens (including phenoxy) is 1. The molecular weight excluding hydrogens is 420 g/mol. The van der Waals surface area contributed by atoms with E-state index in [2.05, 4.69) is 10.4 Å². The van der Waals surface area contributed by atoms with Gasteiger partial charge < -0.3 is 10.1 Å². The van der Waals surface area contributed by atoms with Crippen LogP contribution in [0, 0.1) is 0 Å². The Morgan fingerprint density at radius 2 is 1.61 bits per heavy atom. The average Bonchev–Trinajstić information content (AvgIpc) is 3.34. The van der Waals surface area contributed by atoms with Crippen molar-refractivity contribution in [3.8, 4) is 0 Å². The first kappa shape index (κ1) is 22.3. The van der Waals surface area contributed by atoms with E-state index < -0.39 is 11.7 Å². The number of anilines is 1. The van der Waals surface area contributed by atoms with E-state index in [-0.39, 0.29) is 37.1 Å². The summed E-state index contributed by atoms with van der Waals surface area (Å²) >= 11 is 0. The second-order valence-electron chi connectivity index (χ2n) is 8.90. The largest absolute Gasteiger partial charge is 0.444 e. The molecule has 0 atom stereocenters. The summed E-state index contributed by atoms with van der Waals surface area (Å²) in [5.41, 5.74) is 1.86. The van der Waals surface area contributed by atoms with Gasteiger partial charge in [0.1, 0.15) is 5.60 Å². The summed E-state index contributed by atoms with van der Waals surface area (Å²) in [4.78, 5) is 40.0. The standard InChI is InChI=1S/C25H26N4O4/c1-25(2,3)33-24(32)28-15-19-20(16-28)29(23(31)18-12-8-5-9-13-18)27-22(19)26-21(30)14-17-10-6-4-7-11-17/h4-13H,14-16H2,1-3H3,(H,26,27,30). The Hall–Kier alpha value is -3.94. The van der Waals surface area contributed by atoms with Crippen molar-refractivity contribution in [2.75, 3.05) is 5.32 Å². The number of amides is 2. The molecule has 1 aromatic heterocycles. The number of hydrogen-bond acceptors (Lipinski definition) is 5. The monoisotopic (exact) mass is 446 g/mol. The molecule has 0 spiro atoms. The van der Waals surface area contributed by atoms with Crippen molar-refractivity contribution in [1.82, 2.24) is 14.7 Å². The number of hydrogen-bond donors (Lipinski definition) is 1. The Labute approximate surface area is 192 Å². The van der Waals surface area contributed by atoms with E-state index in [1.54, 1.807) is 45.0 Å². The quantitative estimate of drug-likeness (QED) is 0.654. The van der Waals surface area contributed by atoms with Crippen molar-refractivity contribution in [1.29, 1.82) is 0 Å². The first-order chi connectivity index (χ1) is 15.7. The van der Waals surface area contributed by atoms with Crippen LogP contribution in [-0.2, 0) is 29.0 Å². The van der Waals surface area contributed by atoms with Crippen LogP contribution in [0.25, 0.3) is 0 Å². The third-order valence-corrected chi connectivity index (χ3v) is 5.11. The summed E-state index contributed by atoms with van der Waals surface area (Å²) in [6.45, 7) is 5.73. The lowest BCUT2D eigenvalue weighted by molar-refractivity contribution is -0.115. The molecule has 3 aromatic rings. The molecule has 0 radical (unpaired) electrons. The zero-order chi connectivity index (χ0) is 23.6. The van der Waals surface area contributed by atoms with Gasteiger partial charge >= 0.3 is 6.09 Å². The molecule has 170 valence electrons. The number of carbonyl (C=O) groups is 3. The van der Waals surface area contributed by atoms with Gasteiger partial charge in [0.25, 0.3) is 5.91 Å². The summed E-state index contributed by atoms with van der Waals surface area (Å²) in [6.07, 6.45) is -0.316. The number of fused-ring (bicyclic) bond motifs is 1. The maximum atomic E-state index is 13.2. The minimum Gasteiger partial charge on any atom is -0.444 e. The van der Waals surface area contributed by atoms with Gasteiger partial charge in [0.2, 0.25) is 5.91 Å². The van der Waals surface area contributed by atoms with Gasteiger partial charge in [0.15, 0.2) is 5.82 Å². The molecule has 0 saturated heterocycles. The highest BCUT2D eigenvalue weighted by Gasteiger charge is 2.35. The molecule has 2 aromatic carbocycles. The zero-order valence-electron chi connectivity index (χ0n) is 18.9. The lowest BCUT2D eigenvalue weighted by Crippen LogP contribution is -2.34. The second kappa shape index (κ2) is 8.90. The topological polar surface area (TPSA) is 93.5 Å². The average molecular weight is 447 g/mol. The van der Waals surface area contributed by atoms with Crippen molar-refractivity contribution >= 4 is 23.7 Å². The van der Waals surface area contributed by atoms with Gasteiger partial charge in [0, 0.05) is 11.1 Å². The van der Waals surface area contributed by atoms with Crippen LogP contribution in [0.3, 0.4) is 0 Å². The normalized spacial score (nSPS) is 12.9. The Kier molecular flexibility index (Phi) is 6.00. The zero-order valence-corrected chi connectivity index (χ0v) is 18.9. The van der Waals surface area contributed by atoms with Gasteiger partial charge in [-0.2, -0.15) is 4.68 Å². The van der Waals surface area contributed by atoms with Gasteiger partial charge in [-0.1, -0.05) is 48.5 Å². The maximum Gasteiger partial charge on any atom is 0.410 e. The number of carbonyl (C=O) groups excluding carboxylic acids is 3. The lowest BCUT2D eigenvalue weighted by atomic mass is 10.1. The first-order valence-electron chi connectivity index (χ1n) is 10.7. The number of nitrogens with zero attached hydrogens (tertiary/aromatic N) is 3. The van der Waals surface area contributed by atoms with Crippen LogP contribution in [0.4, 0.5) is 10.6 Å². The van der Waals surface area contributed by atoms with Crippen LogP contribution in [0.5, 0.6) is 0 Å². The molecule has 0 aliphatic carbocycles. The van der Waals surface area contributed by atoms with E-state index >= 15 is 0 Å². The van der Waals surface area contributed by atoms with Crippen LogP contribution in [0.2, 0.25) is 0 Å². The van der Waals surface area contributed by atoms with Crippen molar-refractivity contribution < 1.29 is 19.1 Å². The van der Waals surface area contributed by atoms with Crippen LogP contribution < -0.4 is 5.32 Å². The van der Waals surface area contributed by atoms with Crippen LogP contribution in [0.15, 0.2) is 60.7 Å². The van der Waals surface area contributed by atoms with Crippen molar-refractivity contribution in [3.63, 3.8) is 0 Å². The third-order valence-electron chi connectivity index (χ3n) is 5.11. The van der Waals surface area contributed by atoms with E-state index in [1.807, 2.05) is 36.4 Å². The van der Waals surface area contributed by atoms with Gasteiger partial charge in [-0.25, -0.2) is 4.79 Å². The highest BCUT2D eigenvalue weighted by Crippen LogP contribution is 2.31. The molecular formula is C25H26N4O4. The molecule has 1 aliphatic heterocycles. The SMILES string of the molecule is CC(C)(C)OC(=O)N1Cc2c(NC(=O)Cc3ccccc3)nn(C(=O)c3ccccc3)c2C1. The fourth-order valence-corrected chi connectivity index (χ4v) is 3.63. The van der Waals surface area contributed by atoms with Crippen molar-refractivity contribution in [3.05, 3.63) is 83.0 Å². The Balaban J connectivity index is 1.62. The second-order valence-corrected chi connectivity index (χ2v) is 8.90. The van der Waals surface area contributed by atoms with Crippen LogP contribution >= 0.6 is 0 Å². The summed E-state index contributed by atoms with van der Waals surface area (Å²) in [6, 6.07) is 18.1. The fourth-order valence-electron chi connectivity index (χ4n) is 3.63. The van der Waals surface area contributed by atoms with E-state index in [0.29, 0.717) is 16.8 Å². The first-order valence-corrected chi connectivity index (χ1v) is 10.7. The van der Waals surface area contributed by atoms with E-state index in [0.717, 1.165) is 5.56 Å². The molecule has 0 fully saturated rings. The van der Waals surface area contributed by atoms with E-state index in [9.17, 15) is 14.4 Å². The molecule has 4 rings (SSSR count). The molecule has 0 unspecified atom stereocenters. The molecule has 2 amide bonds. The van der Waals surface area contributed by atoms with Crippen LogP contribution in [-0.4, -0.2) is 38.2 Å². The summed E-state index contributed by atoms with van der Waals surface area (Å²) < 4.78 is 6.76. The summed E-state index contributed by atoms with van der Waals surface area (Å²) in [5.74, 6) is -0.306. The van der Waals surface area contributed by atoms with Crippen LogP contribution in [0.1, 0.15) is 48.0 Å². The predicted molar refractivity (Wildman–Crippen MR) is 123 cm³/mol. The number of rotatable bonds is 4. The number of aromatic nitrogens is 2. The Morgan fingerprint density at radius 3 is 2.24 bits per heavy atom. The molecule has 1 aliphatic rings.